The zero-order chi connectivity index (χ0) is 8.55. The Morgan fingerprint density at radius 1 is 1.58 bits per heavy atom. The lowest BCUT2D eigenvalue weighted by atomic mass is 10.3. The molecule has 0 radical (unpaired) electrons. The maximum atomic E-state index is 4.52. The number of fused-ring (bicyclic) bond motifs is 1. The molecule has 12 heavy (non-hydrogen) atoms. The van der Waals surface area contributed by atoms with E-state index in [0.29, 0.717) is 0 Å². The van der Waals surface area contributed by atoms with Gasteiger partial charge in [-0.05, 0) is 19.8 Å². The monoisotopic (exact) mass is 165 g/mol. The molecule has 0 unspecified atom stereocenters. The smallest absolute Gasteiger partial charge is 0.203 e. The molecule has 0 amide bonds. The Hall–Kier alpha value is -0.990. The van der Waals surface area contributed by atoms with Crippen LogP contribution in [0.2, 0.25) is 0 Å². The molecule has 1 aromatic heterocycles. The molecule has 0 fully saturated rings. The van der Waals surface area contributed by atoms with Crippen LogP contribution in [-0.4, -0.2) is 16.1 Å². The van der Waals surface area contributed by atoms with Crippen LogP contribution in [-0.2, 0) is 13.0 Å². The van der Waals surface area contributed by atoms with Gasteiger partial charge < -0.3 is 9.88 Å². The number of anilines is 1. The van der Waals surface area contributed by atoms with Crippen molar-refractivity contribution in [3.8, 4) is 0 Å². The molecule has 0 aromatic carbocycles. The summed E-state index contributed by atoms with van der Waals surface area (Å²) in [5.41, 5.74) is 2.57. The largest absolute Gasteiger partial charge is 0.356 e. The lowest BCUT2D eigenvalue weighted by molar-refractivity contribution is 0.614. The molecule has 2 rings (SSSR count). The van der Waals surface area contributed by atoms with Crippen LogP contribution in [0, 0.1) is 6.92 Å². The maximum absolute atomic E-state index is 4.52. The minimum atomic E-state index is 1.04. The van der Waals surface area contributed by atoms with Crippen LogP contribution in [0.4, 0.5) is 5.95 Å². The highest BCUT2D eigenvalue weighted by Gasteiger charge is 2.14. The Labute approximate surface area is 72.8 Å². The number of aromatic nitrogens is 2. The molecule has 0 spiro atoms. The van der Waals surface area contributed by atoms with E-state index in [-0.39, 0.29) is 0 Å². The minimum absolute atomic E-state index is 1.04. The fourth-order valence-electron chi connectivity index (χ4n) is 1.76. The first-order chi connectivity index (χ1) is 5.83. The van der Waals surface area contributed by atoms with Gasteiger partial charge in [-0.3, -0.25) is 0 Å². The molecule has 0 saturated heterocycles. The van der Waals surface area contributed by atoms with Gasteiger partial charge in [0, 0.05) is 18.8 Å². The third-order valence-corrected chi connectivity index (χ3v) is 2.50. The van der Waals surface area contributed by atoms with Gasteiger partial charge in [-0.1, -0.05) is 6.92 Å². The summed E-state index contributed by atoms with van der Waals surface area (Å²) in [6.45, 7) is 6.50. The van der Waals surface area contributed by atoms with Crippen molar-refractivity contribution in [3.05, 3.63) is 11.4 Å². The summed E-state index contributed by atoms with van der Waals surface area (Å²) in [5, 5.41) is 3.31. The third-order valence-electron chi connectivity index (χ3n) is 2.50. The Morgan fingerprint density at radius 2 is 2.42 bits per heavy atom. The van der Waals surface area contributed by atoms with Crippen LogP contribution in [0.15, 0.2) is 0 Å². The van der Waals surface area contributed by atoms with Crippen LogP contribution in [0.25, 0.3) is 0 Å². The Bertz CT molecular complexity index is 288. The number of hydrogen-bond acceptors (Lipinski definition) is 2. The van der Waals surface area contributed by atoms with Gasteiger partial charge in [-0.2, -0.15) is 0 Å². The first-order valence-corrected chi connectivity index (χ1v) is 4.62. The lowest BCUT2D eigenvalue weighted by Gasteiger charge is -2.16. The first kappa shape index (κ1) is 7.65. The van der Waals surface area contributed by atoms with E-state index >= 15 is 0 Å². The van der Waals surface area contributed by atoms with Crippen LogP contribution < -0.4 is 5.32 Å². The summed E-state index contributed by atoms with van der Waals surface area (Å²) in [6, 6.07) is 0. The molecule has 1 aromatic rings. The summed E-state index contributed by atoms with van der Waals surface area (Å²) in [5.74, 6) is 1.07. The van der Waals surface area contributed by atoms with Crippen molar-refractivity contribution in [1.82, 2.24) is 9.55 Å². The average molecular weight is 165 g/mol. The second kappa shape index (κ2) is 2.81. The molecule has 3 nitrogen and oxygen atoms in total. The number of nitrogens with one attached hydrogen (secondary N) is 1. The van der Waals surface area contributed by atoms with E-state index < -0.39 is 0 Å². The predicted octanol–water partition coefficient (Wildman–Crippen LogP) is 1.57. The summed E-state index contributed by atoms with van der Waals surface area (Å²) in [7, 11) is 0. The summed E-state index contributed by atoms with van der Waals surface area (Å²) >= 11 is 0. The highest BCUT2D eigenvalue weighted by atomic mass is 15.2. The number of rotatable bonds is 1. The van der Waals surface area contributed by atoms with Crippen molar-refractivity contribution in [1.29, 1.82) is 0 Å². The standard InChI is InChI=1S/C9H15N3/c1-3-8-7(2)12-6-4-5-10-9(12)11-8/h3-6H2,1-2H3,(H,10,11). The van der Waals surface area contributed by atoms with E-state index in [1.165, 1.54) is 17.8 Å². The van der Waals surface area contributed by atoms with Gasteiger partial charge in [-0.15, -0.1) is 0 Å². The van der Waals surface area contributed by atoms with Crippen molar-refractivity contribution in [3.63, 3.8) is 0 Å². The van der Waals surface area contributed by atoms with Crippen molar-refractivity contribution in [2.45, 2.75) is 33.2 Å². The average Bonchev–Trinajstić information content (AvgIpc) is 2.44. The van der Waals surface area contributed by atoms with E-state index in [9.17, 15) is 0 Å². The molecular formula is C9H15N3. The fourth-order valence-corrected chi connectivity index (χ4v) is 1.76. The zero-order valence-electron chi connectivity index (χ0n) is 7.72. The predicted molar refractivity (Wildman–Crippen MR) is 49.4 cm³/mol. The van der Waals surface area contributed by atoms with E-state index in [1.807, 2.05) is 0 Å². The van der Waals surface area contributed by atoms with E-state index in [2.05, 4.69) is 28.7 Å². The SMILES string of the molecule is CCc1nc2n(c1C)CCCN2. The number of imidazole rings is 1. The van der Waals surface area contributed by atoms with Crippen molar-refractivity contribution in [2.75, 3.05) is 11.9 Å². The molecular weight excluding hydrogens is 150 g/mol. The highest BCUT2D eigenvalue weighted by Crippen LogP contribution is 2.19. The summed E-state index contributed by atoms with van der Waals surface area (Å²) in [6.07, 6.45) is 2.25. The van der Waals surface area contributed by atoms with Crippen LogP contribution in [0.5, 0.6) is 0 Å². The molecule has 0 bridgehead atoms. The Morgan fingerprint density at radius 3 is 3.08 bits per heavy atom. The van der Waals surface area contributed by atoms with Gasteiger partial charge in [0.05, 0.1) is 5.69 Å². The third kappa shape index (κ3) is 1.00. The van der Waals surface area contributed by atoms with Gasteiger partial charge in [-0.25, -0.2) is 4.98 Å². The molecule has 3 heteroatoms. The van der Waals surface area contributed by atoms with Gasteiger partial charge in [0.1, 0.15) is 0 Å². The van der Waals surface area contributed by atoms with Crippen molar-refractivity contribution < 1.29 is 0 Å². The Balaban J connectivity index is 2.44. The second-order valence-corrected chi connectivity index (χ2v) is 3.25. The number of hydrogen-bond donors (Lipinski definition) is 1. The van der Waals surface area contributed by atoms with Crippen molar-refractivity contribution >= 4 is 5.95 Å². The van der Waals surface area contributed by atoms with Gasteiger partial charge >= 0.3 is 0 Å². The first-order valence-electron chi connectivity index (χ1n) is 4.62. The lowest BCUT2D eigenvalue weighted by Crippen LogP contribution is -2.17. The molecule has 66 valence electrons. The number of nitrogens with zero attached hydrogens (tertiary/aromatic N) is 2. The zero-order valence-corrected chi connectivity index (χ0v) is 7.72. The molecule has 1 aliphatic heterocycles. The summed E-state index contributed by atoms with van der Waals surface area (Å²) < 4.78 is 2.28. The van der Waals surface area contributed by atoms with Crippen molar-refractivity contribution in [2.24, 2.45) is 0 Å². The normalized spacial score (nSPS) is 15.5. The van der Waals surface area contributed by atoms with Gasteiger partial charge in [0.2, 0.25) is 5.95 Å². The molecule has 0 aliphatic carbocycles. The van der Waals surface area contributed by atoms with Crippen LogP contribution in [0.3, 0.4) is 0 Å². The van der Waals surface area contributed by atoms with Crippen LogP contribution >= 0.6 is 0 Å². The number of aryl methyl sites for hydroxylation is 1. The molecule has 0 saturated carbocycles. The van der Waals surface area contributed by atoms with Crippen LogP contribution in [0.1, 0.15) is 24.7 Å². The minimum Gasteiger partial charge on any atom is -0.356 e. The molecule has 0 atom stereocenters. The van der Waals surface area contributed by atoms with E-state index in [4.69, 9.17) is 0 Å². The molecule has 2 heterocycles. The van der Waals surface area contributed by atoms with E-state index in [1.54, 1.807) is 0 Å². The highest BCUT2D eigenvalue weighted by molar-refractivity contribution is 5.35. The quantitative estimate of drug-likeness (QED) is 0.684. The molecule has 1 aliphatic rings. The maximum Gasteiger partial charge on any atom is 0.203 e. The summed E-state index contributed by atoms with van der Waals surface area (Å²) in [4.78, 5) is 4.52. The van der Waals surface area contributed by atoms with Gasteiger partial charge in [0.15, 0.2) is 0 Å². The Kier molecular flexibility index (Phi) is 1.79. The van der Waals surface area contributed by atoms with Gasteiger partial charge in [0.25, 0.3) is 0 Å². The fraction of sp³-hybridized carbons (Fsp3) is 0.667. The molecule has 1 N–H and O–H groups in total. The van der Waals surface area contributed by atoms with E-state index in [0.717, 1.165) is 25.5 Å². The topological polar surface area (TPSA) is 29.9 Å². The second-order valence-electron chi connectivity index (χ2n) is 3.25.